The molecule has 1 aliphatic rings. The van der Waals surface area contributed by atoms with Crippen LogP contribution >= 0.6 is 0 Å². The van der Waals surface area contributed by atoms with Gasteiger partial charge in [0.2, 0.25) is 0 Å². The van der Waals surface area contributed by atoms with Crippen molar-refractivity contribution in [1.29, 1.82) is 0 Å². The molecule has 0 saturated carbocycles. The van der Waals surface area contributed by atoms with E-state index in [1.807, 2.05) is 22.7 Å². The summed E-state index contributed by atoms with van der Waals surface area (Å²) in [6.07, 6.45) is 1.82. The third kappa shape index (κ3) is 4.26. The number of amides is 1. The smallest absolute Gasteiger partial charge is 0.257 e. The lowest BCUT2D eigenvalue weighted by molar-refractivity contribution is 0.102. The molecule has 152 valence electrons. The molecule has 0 spiro atoms. The number of hydrogen-bond acceptors (Lipinski definition) is 4. The average Bonchev–Trinajstić information content (AvgIpc) is 3.17. The van der Waals surface area contributed by atoms with Gasteiger partial charge in [-0.1, -0.05) is 12.1 Å². The van der Waals surface area contributed by atoms with Crippen LogP contribution < -0.4 is 10.2 Å². The summed E-state index contributed by atoms with van der Waals surface area (Å²) < 4.78 is 21.0. The number of pyridine rings is 1. The molecule has 1 aromatic carbocycles. The van der Waals surface area contributed by atoms with Crippen molar-refractivity contribution in [2.75, 3.05) is 56.7 Å². The Morgan fingerprint density at radius 2 is 1.83 bits per heavy atom. The summed E-state index contributed by atoms with van der Waals surface area (Å²) in [6, 6.07) is 14.0. The van der Waals surface area contributed by atoms with Gasteiger partial charge in [-0.05, 0) is 36.4 Å². The first-order chi connectivity index (χ1) is 14.2. The number of halogens is 1. The van der Waals surface area contributed by atoms with Crippen molar-refractivity contribution in [3.8, 4) is 0 Å². The van der Waals surface area contributed by atoms with Crippen LogP contribution in [0, 0.1) is 5.82 Å². The third-order valence-electron chi connectivity index (χ3n) is 5.32. The fourth-order valence-electron chi connectivity index (χ4n) is 3.66. The summed E-state index contributed by atoms with van der Waals surface area (Å²) >= 11 is 0. The summed E-state index contributed by atoms with van der Waals surface area (Å²) in [5, 5.41) is 2.65. The maximum Gasteiger partial charge on any atom is 0.257 e. The SMILES string of the molecule is COCCN1CCN(c2ccc3ccc(C(=O)Nc4ccccc4F)cn23)CC1. The molecule has 29 heavy (non-hydrogen) atoms. The van der Waals surface area contributed by atoms with Crippen LogP contribution in [0.3, 0.4) is 0 Å². The lowest BCUT2D eigenvalue weighted by Gasteiger charge is -2.35. The predicted octanol–water partition coefficient (Wildman–Crippen LogP) is 3.10. The molecule has 3 heterocycles. The Morgan fingerprint density at radius 3 is 2.59 bits per heavy atom. The number of carbonyl (C=O) groups is 1. The summed E-state index contributed by atoms with van der Waals surface area (Å²) in [7, 11) is 1.73. The minimum Gasteiger partial charge on any atom is -0.383 e. The standard InChI is InChI=1S/C22H25FN4O2/c1-29-15-14-25-10-12-26(13-11-25)21-9-8-18-7-6-17(16-27(18)21)22(28)24-20-5-3-2-4-19(20)23/h2-9,16H,10-15H2,1H3,(H,24,28). The molecule has 0 aliphatic carbocycles. The number of hydrogen-bond donors (Lipinski definition) is 1. The number of carbonyl (C=O) groups excluding carboxylic acids is 1. The van der Waals surface area contributed by atoms with Gasteiger partial charge in [0.1, 0.15) is 11.6 Å². The number of para-hydroxylation sites is 1. The van der Waals surface area contributed by atoms with E-state index in [9.17, 15) is 9.18 Å². The van der Waals surface area contributed by atoms with E-state index < -0.39 is 5.82 Å². The molecule has 0 radical (unpaired) electrons. The van der Waals surface area contributed by atoms with E-state index in [4.69, 9.17) is 4.74 Å². The Labute approximate surface area is 169 Å². The minimum absolute atomic E-state index is 0.178. The van der Waals surface area contributed by atoms with Gasteiger partial charge in [0.05, 0.1) is 17.9 Å². The number of rotatable bonds is 6. The molecule has 1 N–H and O–H groups in total. The van der Waals surface area contributed by atoms with E-state index in [1.165, 1.54) is 6.07 Å². The zero-order chi connectivity index (χ0) is 20.2. The van der Waals surface area contributed by atoms with Crippen molar-refractivity contribution in [3.63, 3.8) is 0 Å². The first kappa shape index (κ1) is 19.4. The molecule has 0 unspecified atom stereocenters. The van der Waals surface area contributed by atoms with E-state index in [1.54, 1.807) is 31.4 Å². The van der Waals surface area contributed by atoms with Crippen molar-refractivity contribution < 1.29 is 13.9 Å². The predicted molar refractivity (Wildman–Crippen MR) is 112 cm³/mol. The normalized spacial score (nSPS) is 15.0. The second kappa shape index (κ2) is 8.63. The molecule has 7 heteroatoms. The number of aromatic nitrogens is 1. The van der Waals surface area contributed by atoms with Crippen molar-refractivity contribution in [3.05, 3.63) is 66.1 Å². The zero-order valence-corrected chi connectivity index (χ0v) is 16.5. The number of nitrogens with one attached hydrogen (secondary N) is 1. The maximum atomic E-state index is 13.8. The van der Waals surface area contributed by atoms with Gasteiger partial charge in [-0.25, -0.2) is 4.39 Å². The first-order valence-corrected chi connectivity index (χ1v) is 9.79. The zero-order valence-electron chi connectivity index (χ0n) is 16.5. The molecule has 2 aromatic heterocycles. The summed E-state index contributed by atoms with van der Waals surface area (Å²) in [6.45, 7) is 5.48. The van der Waals surface area contributed by atoms with Gasteiger partial charge in [-0.2, -0.15) is 0 Å². The van der Waals surface area contributed by atoms with E-state index in [2.05, 4.69) is 21.2 Å². The molecule has 0 bridgehead atoms. The molecule has 0 atom stereocenters. The molecular weight excluding hydrogens is 371 g/mol. The Hall–Kier alpha value is -2.90. The first-order valence-electron chi connectivity index (χ1n) is 9.79. The van der Waals surface area contributed by atoms with E-state index in [-0.39, 0.29) is 11.6 Å². The number of anilines is 2. The van der Waals surface area contributed by atoms with Crippen LogP contribution in [-0.4, -0.2) is 61.6 Å². The van der Waals surface area contributed by atoms with Crippen LogP contribution in [0.25, 0.3) is 5.52 Å². The van der Waals surface area contributed by atoms with Crippen LogP contribution in [0.1, 0.15) is 10.4 Å². The number of fused-ring (bicyclic) bond motifs is 1. The number of nitrogens with zero attached hydrogens (tertiary/aromatic N) is 3. The molecule has 6 nitrogen and oxygen atoms in total. The van der Waals surface area contributed by atoms with Crippen LogP contribution in [0.4, 0.5) is 15.9 Å². The highest BCUT2D eigenvalue weighted by Crippen LogP contribution is 2.22. The molecule has 1 amide bonds. The topological polar surface area (TPSA) is 49.2 Å². The van der Waals surface area contributed by atoms with E-state index in [0.29, 0.717) is 5.56 Å². The number of ether oxygens (including phenoxy) is 1. The molecule has 1 fully saturated rings. The van der Waals surface area contributed by atoms with Gasteiger partial charge in [-0.3, -0.25) is 9.69 Å². The fraction of sp³-hybridized carbons (Fsp3) is 0.318. The monoisotopic (exact) mass is 396 g/mol. The van der Waals surface area contributed by atoms with Gasteiger partial charge in [0.25, 0.3) is 5.91 Å². The lowest BCUT2D eigenvalue weighted by atomic mass is 10.2. The van der Waals surface area contributed by atoms with Crippen LogP contribution in [0.5, 0.6) is 0 Å². The highest BCUT2D eigenvalue weighted by molar-refractivity contribution is 6.04. The second-order valence-electron chi connectivity index (χ2n) is 7.16. The van der Waals surface area contributed by atoms with Crippen LogP contribution in [0.15, 0.2) is 54.7 Å². The van der Waals surface area contributed by atoms with Crippen molar-refractivity contribution in [2.45, 2.75) is 0 Å². The third-order valence-corrected chi connectivity index (χ3v) is 5.32. The van der Waals surface area contributed by atoms with Gasteiger partial charge >= 0.3 is 0 Å². The van der Waals surface area contributed by atoms with Gasteiger partial charge < -0.3 is 19.4 Å². The van der Waals surface area contributed by atoms with Gasteiger partial charge in [0, 0.05) is 51.5 Å². The van der Waals surface area contributed by atoms with Gasteiger partial charge in [0.15, 0.2) is 0 Å². The summed E-state index contributed by atoms with van der Waals surface area (Å²) in [5.41, 5.74) is 1.68. The lowest BCUT2D eigenvalue weighted by Crippen LogP contribution is -2.47. The summed E-state index contributed by atoms with van der Waals surface area (Å²) in [4.78, 5) is 17.4. The Kier molecular flexibility index (Phi) is 5.78. The molecular formula is C22H25FN4O2. The number of methoxy groups -OCH3 is 1. The molecule has 1 aliphatic heterocycles. The molecule has 1 saturated heterocycles. The van der Waals surface area contributed by atoms with Gasteiger partial charge in [-0.15, -0.1) is 0 Å². The fourth-order valence-corrected chi connectivity index (χ4v) is 3.66. The number of piperazine rings is 1. The Balaban J connectivity index is 1.51. The minimum atomic E-state index is -0.449. The maximum absolute atomic E-state index is 13.8. The van der Waals surface area contributed by atoms with E-state index >= 15 is 0 Å². The Morgan fingerprint density at radius 1 is 1.07 bits per heavy atom. The van der Waals surface area contributed by atoms with Crippen LogP contribution in [0.2, 0.25) is 0 Å². The van der Waals surface area contributed by atoms with Crippen molar-refractivity contribution in [1.82, 2.24) is 9.30 Å². The quantitative estimate of drug-likeness (QED) is 0.696. The van der Waals surface area contributed by atoms with Crippen LogP contribution in [-0.2, 0) is 4.74 Å². The largest absolute Gasteiger partial charge is 0.383 e. The number of benzene rings is 1. The summed E-state index contributed by atoms with van der Waals surface area (Å²) in [5.74, 6) is 0.280. The second-order valence-corrected chi connectivity index (χ2v) is 7.16. The molecule has 4 rings (SSSR count). The van der Waals surface area contributed by atoms with Crippen molar-refractivity contribution in [2.24, 2.45) is 0 Å². The average molecular weight is 396 g/mol. The van der Waals surface area contributed by atoms with Crippen molar-refractivity contribution >= 4 is 22.9 Å². The van der Waals surface area contributed by atoms with E-state index in [0.717, 1.165) is 50.7 Å². The molecule has 3 aromatic rings. The highest BCUT2D eigenvalue weighted by atomic mass is 19.1. The highest BCUT2D eigenvalue weighted by Gasteiger charge is 2.19. The Bertz CT molecular complexity index is 995.